The van der Waals surface area contributed by atoms with Gasteiger partial charge in [0.05, 0.1) is 17.2 Å². The molecule has 3 aromatic rings. The SMILES string of the molecule is O=C(O)CCc1ccccc1NS(=O)(=O)c1cccc(OCCCNc2ccccn2)c1. The Labute approximate surface area is 187 Å². The number of aryl methyl sites for hydroxylation is 1. The molecule has 0 atom stereocenters. The number of aliphatic carboxylic acids is 1. The number of aromatic nitrogens is 1. The first kappa shape index (κ1) is 23.1. The van der Waals surface area contributed by atoms with Gasteiger partial charge in [-0.15, -0.1) is 0 Å². The van der Waals surface area contributed by atoms with Gasteiger partial charge in [0, 0.05) is 25.2 Å². The molecule has 0 aliphatic carbocycles. The van der Waals surface area contributed by atoms with Gasteiger partial charge >= 0.3 is 5.97 Å². The van der Waals surface area contributed by atoms with Crippen LogP contribution in [0.4, 0.5) is 11.5 Å². The predicted octanol–water partition coefficient (Wildman–Crippen LogP) is 3.78. The number of nitrogens with one attached hydrogen (secondary N) is 2. The quantitative estimate of drug-likeness (QED) is 0.356. The molecule has 168 valence electrons. The number of ether oxygens (including phenoxy) is 1. The fourth-order valence-electron chi connectivity index (χ4n) is 2.96. The highest BCUT2D eigenvalue weighted by Gasteiger charge is 2.17. The van der Waals surface area contributed by atoms with E-state index in [-0.39, 0.29) is 17.7 Å². The molecule has 2 aromatic carbocycles. The van der Waals surface area contributed by atoms with E-state index < -0.39 is 16.0 Å². The van der Waals surface area contributed by atoms with Gasteiger partial charge in [0.1, 0.15) is 11.6 Å². The monoisotopic (exact) mass is 455 g/mol. The van der Waals surface area contributed by atoms with Crippen LogP contribution in [0.25, 0.3) is 0 Å². The maximum atomic E-state index is 12.9. The smallest absolute Gasteiger partial charge is 0.303 e. The zero-order valence-corrected chi connectivity index (χ0v) is 18.2. The van der Waals surface area contributed by atoms with E-state index in [2.05, 4.69) is 15.0 Å². The van der Waals surface area contributed by atoms with Crippen molar-refractivity contribution in [2.24, 2.45) is 0 Å². The molecule has 3 rings (SSSR count). The van der Waals surface area contributed by atoms with Crippen LogP contribution in [0.3, 0.4) is 0 Å². The summed E-state index contributed by atoms with van der Waals surface area (Å²) >= 11 is 0. The molecule has 0 saturated carbocycles. The molecule has 0 unspecified atom stereocenters. The van der Waals surface area contributed by atoms with Gasteiger partial charge in [0.15, 0.2) is 0 Å². The molecular weight excluding hydrogens is 430 g/mol. The van der Waals surface area contributed by atoms with Crippen molar-refractivity contribution in [3.8, 4) is 5.75 Å². The van der Waals surface area contributed by atoms with E-state index in [4.69, 9.17) is 9.84 Å². The van der Waals surface area contributed by atoms with Gasteiger partial charge in [-0.25, -0.2) is 13.4 Å². The molecule has 0 aliphatic heterocycles. The minimum atomic E-state index is -3.87. The van der Waals surface area contributed by atoms with Crippen LogP contribution in [0.15, 0.2) is 77.8 Å². The zero-order chi connectivity index (χ0) is 22.8. The van der Waals surface area contributed by atoms with Gasteiger partial charge < -0.3 is 15.2 Å². The topological polar surface area (TPSA) is 118 Å². The Hall–Kier alpha value is -3.59. The van der Waals surface area contributed by atoms with E-state index in [1.165, 1.54) is 12.1 Å². The van der Waals surface area contributed by atoms with E-state index in [0.717, 1.165) is 5.82 Å². The molecule has 0 saturated heterocycles. The van der Waals surface area contributed by atoms with Crippen molar-refractivity contribution in [3.05, 3.63) is 78.5 Å². The Bertz CT molecular complexity index is 1140. The molecule has 0 amide bonds. The second kappa shape index (κ2) is 11.1. The summed E-state index contributed by atoms with van der Waals surface area (Å²) in [6.07, 6.45) is 2.56. The minimum absolute atomic E-state index is 0.0645. The van der Waals surface area contributed by atoms with Crippen molar-refractivity contribution in [1.29, 1.82) is 0 Å². The molecule has 3 N–H and O–H groups in total. The molecule has 32 heavy (non-hydrogen) atoms. The van der Waals surface area contributed by atoms with E-state index in [1.807, 2.05) is 18.2 Å². The number of carbonyl (C=O) groups is 1. The number of pyridine rings is 1. The summed E-state index contributed by atoms with van der Waals surface area (Å²) in [6.45, 7) is 1.08. The summed E-state index contributed by atoms with van der Waals surface area (Å²) in [4.78, 5) is 15.1. The number of hydrogen-bond acceptors (Lipinski definition) is 6. The molecule has 0 spiro atoms. The van der Waals surface area contributed by atoms with Gasteiger partial charge in [-0.05, 0) is 48.7 Å². The summed E-state index contributed by atoms with van der Waals surface area (Å²) in [5.41, 5.74) is 0.979. The Kier molecular flexibility index (Phi) is 8.04. The van der Waals surface area contributed by atoms with E-state index in [1.54, 1.807) is 42.6 Å². The number of sulfonamides is 1. The van der Waals surface area contributed by atoms with Crippen LogP contribution < -0.4 is 14.8 Å². The highest BCUT2D eigenvalue weighted by molar-refractivity contribution is 7.92. The number of rotatable bonds is 12. The van der Waals surface area contributed by atoms with Gasteiger partial charge in [-0.3, -0.25) is 9.52 Å². The summed E-state index contributed by atoms with van der Waals surface area (Å²) in [7, 11) is -3.87. The second-order valence-electron chi connectivity index (χ2n) is 6.98. The number of carboxylic acid groups (broad SMARTS) is 1. The van der Waals surface area contributed by atoms with Crippen molar-refractivity contribution in [2.75, 3.05) is 23.2 Å². The molecule has 1 heterocycles. The van der Waals surface area contributed by atoms with Crippen LogP contribution in [0, 0.1) is 0 Å². The number of anilines is 2. The highest BCUT2D eigenvalue weighted by atomic mass is 32.2. The Morgan fingerprint density at radius 1 is 1.03 bits per heavy atom. The van der Waals surface area contributed by atoms with Crippen LogP contribution in [0.1, 0.15) is 18.4 Å². The van der Waals surface area contributed by atoms with Crippen molar-refractivity contribution in [3.63, 3.8) is 0 Å². The van der Waals surface area contributed by atoms with Crippen LogP contribution in [0.5, 0.6) is 5.75 Å². The van der Waals surface area contributed by atoms with Gasteiger partial charge in [0.25, 0.3) is 10.0 Å². The van der Waals surface area contributed by atoms with E-state index >= 15 is 0 Å². The van der Waals surface area contributed by atoms with Crippen molar-refractivity contribution < 1.29 is 23.1 Å². The molecular formula is C23H25N3O5S. The number of carboxylic acids is 1. The predicted molar refractivity (Wildman–Crippen MR) is 122 cm³/mol. The standard InChI is InChI=1S/C23H25N3O5S/c27-23(28)13-12-18-7-1-2-10-21(18)26-32(29,30)20-9-5-8-19(17-20)31-16-6-15-25-22-11-3-4-14-24-22/h1-5,7-11,14,17,26H,6,12-13,15-16H2,(H,24,25)(H,27,28). The number of hydrogen-bond donors (Lipinski definition) is 3. The molecule has 0 fully saturated rings. The van der Waals surface area contributed by atoms with Gasteiger partial charge in [-0.2, -0.15) is 0 Å². The van der Waals surface area contributed by atoms with E-state index in [9.17, 15) is 13.2 Å². The maximum absolute atomic E-state index is 12.9. The lowest BCUT2D eigenvalue weighted by Crippen LogP contribution is -2.15. The third-order valence-corrected chi connectivity index (χ3v) is 5.91. The Balaban J connectivity index is 1.58. The van der Waals surface area contributed by atoms with E-state index in [0.29, 0.717) is 36.6 Å². The maximum Gasteiger partial charge on any atom is 0.303 e. The number of para-hydroxylation sites is 1. The van der Waals surface area contributed by atoms with Crippen LogP contribution in [-0.4, -0.2) is 37.6 Å². The van der Waals surface area contributed by atoms with Crippen molar-refractivity contribution in [1.82, 2.24) is 4.98 Å². The molecule has 8 nitrogen and oxygen atoms in total. The first-order chi connectivity index (χ1) is 15.4. The van der Waals surface area contributed by atoms with Crippen molar-refractivity contribution >= 4 is 27.5 Å². The number of nitrogens with zero attached hydrogens (tertiary/aromatic N) is 1. The fourth-order valence-corrected chi connectivity index (χ4v) is 4.10. The highest BCUT2D eigenvalue weighted by Crippen LogP contribution is 2.23. The third-order valence-electron chi connectivity index (χ3n) is 4.55. The number of benzene rings is 2. The first-order valence-corrected chi connectivity index (χ1v) is 11.6. The van der Waals surface area contributed by atoms with Crippen LogP contribution in [0.2, 0.25) is 0 Å². The summed E-state index contributed by atoms with van der Waals surface area (Å²) in [5, 5.41) is 12.1. The lowest BCUT2D eigenvalue weighted by molar-refractivity contribution is -0.136. The van der Waals surface area contributed by atoms with Crippen LogP contribution >= 0.6 is 0 Å². The molecule has 0 radical (unpaired) electrons. The summed E-state index contributed by atoms with van der Waals surface area (Å²) in [5.74, 6) is 0.294. The summed E-state index contributed by atoms with van der Waals surface area (Å²) in [6, 6.07) is 18.7. The average molecular weight is 456 g/mol. The normalized spacial score (nSPS) is 11.0. The largest absolute Gasteiger partial charge is 0.493 e. The zero-order valence-electron chi connectivity index (χ0n) is 17.4. The Morgan fingerprint density at radius 3 is 2.62 bits per heavy atom. The van der Waals surface area contributed by atoms with Gasteiger partial charge in [-0.1, -0.05) is 30.3 Å². The Morgan fingerprint density at radius 2 is 1.84 bits per heavy atom. The van der Waals surface area contributed by atoms with Crippen LogP contribution in [-0.2, 0) is 21.2 Å². The molecule has 9 heteroatoms. The molecule has 1 aromatic heterocycles. The third kappa shape index (κ3) is 6.98. The van der Waals surface area contributed by atoms with Crippen molar-refractivity contribution in [2.45, 2.75) is 24.2 Å². The second-order valence-corrected chi connectivity index (χ2v) is 8.66. The lowest BCUT2D eigenvalue weighted by Gasteiger charge is -2.13. The summed E-state index contributed by atoms with van der Waals surface area (Å²) < 4.78 is 34.0. The minimum Gasteiger partial charge on any atom is -0.493 e. The fraction of sp³-hybridized carbons (Fsp3) is 0.217. The molecule has 0 aliphatic rings. The first-order valence-electron chi connectivity index (χ1n) is 10.1. The average Bonchev–Trinajstić information content (AvgIpc) is 2.79. The lowest BCUT2D eigenvalue weighted by atomic mass is 10.1. The van der Waals surface area contributed by atoms with Gasteiger partial charge in [0.2, 0.25) is 0 Å². The molecule has 0 bridgehead atoms.